The molecule has 3 fully saturated rings. The van der Waals surface area contributed by atoms with Crippen LogP contribution in [0.3, 0.4) is 0 Å². The molecule has 138 valence electrons. The summed E-state index contributed by atoms with van der Waals surface area (Å²) in [6, 6.07) is 8.08. The van der Waals surface area contributed by atoms with Crippen LogP contribution in [0.15, 0.2) is 42.1 Å². The largest absolute Gasteiger partial charge is 0.395 e. The Balaban J connectivity index is 1.65. The zero-order valence-electron chi connectivity index (χ0n) is 15.2. The van der Waals surface area contributed by atoms with Crippen molar-refractivity contribution in [3.05, 3.63) is 47.7 Å². The molecule has 5 nitrogen and oxygen atoms in total. The van der Waals surface area contributed by atoms with Crippen molar-refractivity contribution in [3.63, 3.8) is 0 Å². The first-order chi connectivity index (χ1) is 12.7. The van der Waals surface area contributed by atoms with Crippen molar-refractivity contribution in [3.8, 4) is 0 Å². The van der Waals surface area contributed by atoms with Gasteiger partial charge in [0.25, 0.3) is 0 Å². The van der Waals surface area contributed by atoms with Crippen LogP contribution in [0.5, 0.6) is 0 Å². The van der Waals surface area contributed by atoms with Crippen LogP contribution >= 0.6 is 0 Å². The number of nitrogens with one attached hydrogen (secondary N) is 1. The third-order valence-electron chi connectivity index (χ3n) is 5.94. The van der Waals surface area contributed by atoms with Crippen molar-refractivity contribution in [2.75, 3.05) is 31.6 Å². The molecule has 26 heavy (non-hydrogen) atoms. The summed E-state index contributed by atoms with van der Waals surface area (Å²) in [6.45, 7) is 4.77. The zero-order chi connectivity index (χ0) is 18.1. The fraction of sp³-hybridized carbons (Fsp3) is 0.476. The van der Waals surface area contributed by atoms with Crippen molar-refractivity contribution in [2.24, 2.45) is 5.92 Å². The number of piperidine rings is 3. The van der Waals surface area contributed by atoms with Crippen molar-refractivity contribution < 1.29 is 10.2 Å². The first-order valence-corrected chi connectivity index (χ1v) is 9.52. The number of allylic oxidation sites excluding steroid dienone is 1. The molecule has 3 aliphatic rings. The van der Waals surface area contributed by atoms with Gasteiger partial charge in [-0.15, -0.1) is 0 Å². The number of aliphatic hydroxyl groups excluding tert-OH is 2. The molecule has 5 heteroatoms. The summed E-state index contributed by atoms with van der Waals surface area (Å²) in [6.07, 6.45) is 5.74. The SMILES string of the molecule is C/C=C1\CN2CC[C@H]1C[C@H]2[C@H](O)c1ccnc2ccc(NCCO)cc12. The number of aromatic nitrogens is 1. The molecule has 3 aliphatic heterocycles. The van der Waals surface area contributed by atoms with Crippen LogP contribution in [0, 0.1) is 5.92 Å². The Bertz CT molecular complexity index is 820. The molecule has 0 saturated carbocycles. The van der Waals surface area contributed by atoms with E-state index in [0.29, 0.717) is 12.5 Å². The average Bonchev–Trinajstić information content (AvgIpc) is 2.71. The molecule has 3 N–H and O–H groups in total. The standard InChI is InChI=1S/C21H27N3O2/c1-2-14-13-24-9-6-15(14)11-20(24)21(26)17-5-7-23-19-4-3-16(12-18(17)19)22-8-10-25/h2-5,7,12,15,20-22,25-26H,6,8-11,13H2,1H3/b14-2+/t15-,20-,21+/m0/s1. The van der Waals surface area contributed by atoms with Gasteiger partial charge in [0.1, 0.15) is 0 Å². The summed E-state index contributed by atoms with van der Waals surface area (Å²) in [5.41, 5.74) is 4.30. The maximum Gasteiger partial charge on any atom is 0.0952 e. The predicted molar refractivity (Wildman–Crippen MR) is 104 cm³/mol. The number of pyridine rings is 1. The van der Waals surface area contributed by atoms with Crippen molar-refractivity contribution in [1.82, 2.24) is 9.88 Å². The van der Waals surface area contributed by atoms with Gasteiger partial charge in [-0.2, -0.15) is 0 Å². The smallest absolute Gasteiger partial charge is 0.0952 e. The summed E-state index contributed by atoms with van der Waals surface area (Å²) >= 11 is 0. The lowest BCUT2D eigenvalue weighted by molar-refractivity contribution is -0.00340. The molecule has 1 unspecified atom stereocenters. The highest BCUT2D eigenvalue weighted by atomic mass is 16.3. The summed E-state index contributed by atoms with van der Waals surface area (Å²) in [5.74, 6) is 0.611. The van der Waals surface area contributed by atoms with Crippen LogP contribution < -0.4 is 5.32 Å². The van der Waals surface area contributed by atoms with E-state index in [0.717, 1.165) is 41.7 Å². The van der Waals surface area contributed by atoms with Crippen LogP contribution in [-0.2, 0) is 0 Å². The molecule has 5 rings (SSSR count). The summed E-state index contributed by atoms with van der Waals surface area (Å²) in [4.78, 5) is 6.88. The van der Waals surface area contributed by atoms with Gasteiger partial charge in [-0.1, -0.05) is 11.6 Å². The molecule has 1 aromatic heterocycles. The van der Waals surface area contributed by atoms with E-state index < -0.39 is 6.10 Å². The molecule has 4 atom stereocenters. The number of hydrogen-bond acceptors (Lipinski definition) is 5. The molecular weight excluding hydrogens is 326 g/mol. The van der Waals surface area contributed by atoms with Gasteiger partial charge in [0.2, 0.25) is 0 Å². The summed E-state index contributed by atoms with van der Waals surface area (Å²) in [5, 5.41) is 24.5. The summed E-state index contributed by atoms with van der Waals surface area (Å²) in [7, 11) is 0. The van der Waals surface area contributed by atoms with E-state index in [9.17, 15) is 5.11 Å². The van der Waals surface area contributed by atoms with E-state index in [4.69, 9.17) is 5.11 Å². The fourth-order valence-corrected chi connectivity index (χ4v) is 4.54. The predicted octanol–water partition coefficient (Wildman–Crippen LogP) is 2.71. The Morgan fingerprint density at radius 3 is 3.00 bits per heavy atom. The van der Waals surface area contributed by atoms with Gasteiger partial charge in [-0.05, 0) is 62.1 Å². The molecule has 3 saturated heterocycles. The van der Waals surface area contributed by atoms with Crippen LogP contribution in [0.1, 0.15) is 31.4 Å². The summed E-state index contributed by atoms with van der Waals surface area (Å²) < 4.78 is 0. The van der Waals surface area contributed by atoms with Crippen molar-refractivity contribution in [1.29, 1.82) is 0 Å². The number of fused-ring (bicyclic) bond motifs is 4. The molecular formula is C21H27N3O2. The van der Waals surface area contributed by atoms with Crippen molar-refractivity contribution in [2.45, 2.75) is 31.9 Å². The Labute approximate surface area is 154 Å². The van der Waals surface area contributed by atoms with E-state index in [2.05, 4.69) is 28.2 Å². The van der Waals surface area contributed by atoms with Gasteiger partial charge in [0, 0.05) is 36.4 Å². The minimum Gasteiger partial charge on any atom is -0.395 e. The Morgan fingerprint density at radius 2 is 2.27 bits per heavy atom. The maximum absolute atomic E-state index is 11.2. The van der Waals surface area contributed by atoms with Gasteiger partial charge in [-0.3, -0.25) is 9.88 Å². The lowest BCUT2D eigenvalue weighted by Gasteiger charge is -2.48. The lowest BCUT2D eigenvalue weighted by atomic mass is 9.76. The van der Waals surface area contributed by atoms with Gasteiger partial charge in [-0.25, -0.2) is 0 Å². The van der Waals surface area contributed by atoms with E-state index in [1.807, 2.05) is 24.3 Å². The normalized spacial score (nSPS) is 27.8. The molecule has 1 aromatic carbocycles. The number of anilines is 1. The van der Waals surface area contributed by atoms with E-state index in [-0.39, 0.29) is 12.6 Å². The van der Waals surface area contributed by atoms with Gasteiger partial charge in [0.15, 0.2) is 0 Å². The Morgan fingerprint density at radius 1 is 1.38 bits per heavy atom. The maximum atomic E-state index is 11.2. The van der Waals surface area contributed by atoms with Crippen LogP contribution in [0.2, 0.25) is 0 Å². The second kappa shape index (κ2) is 7.35. The van der Waals surface area contributed by atoms with Gasteiger partial charge in [0.05, 0.1) is 18.2 Å². The fourth-order valence-electron chi connectivity index (χ4n) is 4.54. The third-order valence-corrected chi connectivity index (χ3v) is 5.94. The first-order valence-electron chi connectivity index (χ1n) is 9.52. The third kappa shape index (κ3) is 3.11. The topological polar surface area (TPSA) is 68.6 Å². The van der Waals surface area contributed by atoms with Crippen LogP contribution in [-0.4, -0.2) is 52.4 Å². The number of benzene rings is 1. The molecule has 0 amide bonds. The molecule has 0 spiro atoms. The minimum absolute atomic E-state index is 0.0895. The van der Waals surface area contributed by atoms with E-state index in [1.54, 1.807) is 6.20 Å². The first kappa shape index (κ1) is 17.5. The highest BCUT2D eigenvalue weighted by Crippen LogP contribution is 2.41. The Hall–Kier alpha value is -1.95. The van der Waals surface area contributed by atoms with Crippen LogP contribution in [0.25, 0.3) is 10.9 Å². The second-order valence-corrected chi connectivity index (χ2v) is 7.35. The zero-order valence-corrected chi connectivity index (χ0v) is 15.2. The molecule has 0 aliphatic carbocycles. The number of aliphatic hydroxyl groups is 2. The van der Waals surface area contributed by atoms with E-state index >= 15 is 0 Å². The van der Waals surface area contributed by atoms with Gasteiger partial charge < -0.3 is 15.5 Å². The minimum atomic E-state index is -0.519. The Kier molecular flexibility index (Phi) is 4.94. The molecule has 0 radical (unpaired) electrons. The number of nitrogens with zero attached hydrogens (tertiary/aromatic N) is 2. The molecule has 4 heterocycles. The highest BCUT2D eigenvalue weighted by Gasteiger charge is 2.40. The number of hydrogen-bond donors (Lipinski definition) is 3. The average molecular weight is 353 g/mol. The van der Waals surface area contributed by atoms with Gasteiger partial charge >= 0.3 is 0 Å². The monoisotopic (exact) mass is 353 g/mol. The quantitative estimate of drug-likeness (QED) is 0.721. The van der Waals surface area contributed by atoms with Crippen molar-refractivity contribution >= 4 is 16.6 Å². The highest BCUT2D eigenvalue weighted by molar-refractivity contribution is 5.85. The van der Waals surface area contributed by atoms with Crippen LogP contribution in [0.4, 0.5) is 5.69 Å². The molecule has 2 aromatic rings. The lowest BCUT2D eigenvalue weighted by Crippen LogP contribution is -2.52. The van der Waals surface area contributed by atoms with E-state index in [1.165, 1.54) is 12.0 Å². The number of rotatable bonds is 5. The second-order valence-electron chi connectivity index (χ2n) is 7.35. The molecule has 2 bridgehead atoms.